The summed E-state index contributed by atoms with van der Waals surface area (Å²) >= 11 is 0. The van der Waals surface area contributed by atoms with E-state index in [9.17, 15) is 9.59 Å². The van der Waals surface area contributed by atoms with Crippen LogP contribution in [-0.2, 0) is 33.8 Å². The zero-order valence-corrected chi connectivity index (χ0v) is 20.0. The monoisotopic (exact) mass is 455 g/mol. The minimum absolute atomic E-state index is 0.167. The smallest absolute Gasteiger partial charge is 0.407 e. The summed E-state index contributed by atoms with van der Waals surface area (Å²) in [5.41, 5.74) is 3.50. The van der Waals surface area contributed by atoms with Gasteiger partial charge >= 0.3 is 12.1 Å². The lowest BCUT2D eigenvalue weighted by atomic mass is 10.1. The molecule has 7 heteroatoms. The number of esters is 1. The second kappa shape index (κ2) is 13.2. The van der Waals surface area contributed by atoms with E-state index in [2.05, 4.69) is 5.32 Å². The third-order valence-corrected chi connectivity index (χ3v) is 4.60. The first-order valence-corrected chi connectivity index (χ1v) is 11.3. The number of carbonyl (C=O) groups is 2. The molecule has 178 valence electrons. The van der Waals surface area contributed by atoms with E-state index in [1.807, 2.05) is 63.2 Å². The molecule has 1 N–H and O–H groups in total. The number of alkyl carbamates (subject to hydrolysis) is 1. The molecule has 0 atom stereocenters. The molecule has 3 rings (SSSR count). The number of ether oxygens (including phenoxy) is 3. The van der Waals surface area contributed by atoms with Crippen LogP contribution in [0.4, 0.5) is 4.79 Å². The van der Waals surface area contributed by atoms with Crippen molar-refractivity contribution in [2.75, 3.05) is 13.2 Å². The van der Waals surface area contributed by atoms with Gasteiger partial charge in [0.1, 0.15) is 23.7 Å². The second-order valence-electron chi connectivity index (χ2n) is 7.00. The number of amides is 1. The summed E-state index contributed by atoms with van der Waals surface area (Å²) < 4.78 is 21.8. The first-order chi connectivity index (χ1) is 16.0. The van der Waals surface area contributed by atoms with Gasteiger partial charge in [-0.3, -0.25) is 4.79 Å². The minimum atomic E-state index is -0.477. The van der Waals surface area contributed by atoms with Crippen LogP contribution in [0.1, 0.15) is 50.1 Å². The Hall–Kier alpha value is -3.48. The highest BCUT2D eigenvalue weighted by Gasteiger charge is 2.12. The molecule has 0 bridgehead atoms. The van der Waals surface area contributed by atoms with Gasteiger partial charge in [-0.05, 0) is 56.2 Å². The van der Waals surface area contributed by atoms with E-state index in [1.165, 1.54) is 0 Å². The predicted octanol–water partition coefficient (Wildman–Crippen LogP) is 5.70. The van der Waals surface area contributed by atoms with Crippen LogP contribution < -0.4 is 10.1 Å². The second-order valence-corrected chi connectivity index (χ2v) is 7.00. The van der Waals surface area contributed by atoms with Crippen molar-refractivity contribution < 1.29 is 28.2 Å². The Balaban J connectivity index is 0.00000187. The maximum absolute atomic E-state index is 11.8. The fourth-order valence-corrected chi connectivity index (χ4v) is 3.29. The minimum Gasteiger partial charge on any atom is -0.489 e. The SMILES string of the molecule is CC.CCOC(=O)Cc1ccccc1OCc1cc(C)c2oc(CNC(=O)OCC)cc2c1. The normalized spacial score (nSPS) is 10.2. The quantitative estimate of drug-likeness (QED) is 0.417. The first kappa shape index (κ1) is 25.8. The molecule has 0 aliphatic carbocycles. The van der Waals surface area contributed by atoms with Gasteiger partial charge in [0.25, 0.3) is 0 Å². The Kier molecular flexibility index (Phi) is 10.3. The average molecular weight is 456 g/mol. The van der Waals surface area contributed by atoms with Crippen LogP contribution >= 0.6 is 0 Å². The number of carbonyl (C=O) groups excluding carboxylic acids is 2. The van der Waals surface area contributed by atoms with Crippen molar-refractivity contribution in [2.24, 2.45) is 0 Å². The largest absolute Gasteiger partial charge is 0.489 e. The maximum atomic E-state index is 11.8. The lowest BCUT2D eigenvalue weighted by molar-refractivity contribution is -0.142. The summed E-state index contributed by atoms with van der Waals surface area (Å²) in [6.07, 6.45) is -0.309. The number of para-hydroxylation sites is 1. The van der Waals surface area contributed by atoms with Crippen LogP contribution in [0, 0.1) is 6.92 Å². The highest BCUT2D eigenvalue weighted by atomic mass is 16.5. The van der Waals surface area contributed by atoms with Crippen LogP contribution in [0.15, 0.2) is 46.9 Å². The Morgan fingerprint density at radius 3 is 2.45 bits per heavy atom. The molecule has 1 heterocycles. The Labute approximate surface area is 195 Å². The zero-order valence-electron chi connectivity index (χ0n) is 20.0. The molecule has 0 aliphatic rings. The topological polar surface area (TPSA) is 87.0 Å². The molecule has 2 aromatic carbocycles. The van der Waals surface area contributed by atoms with Crippen molar-refractivity contribution in [3.63, 3.8) is 0 Å². The average Bonchev–Trinajstić information content (AvgIpc) is 3.22. The Morgan fingerprint density at radius 2 is 1.73 bits per heavy atom. The van der Waals surface area contributed by atoms with E-state index in [0.29, 0.717) is 31.3 Å². The summed E-state index contributed by atoms with van der Waals surface area (Å²) in [5.74, 6) is 1.02. The summed E-state index contributed by atoms with van der Waals surface area (Å²) in [7, 11) is 0. The molecule has 0 spiro atoms. The van der Waals surface area contributed by atoms with E-state index >= 15 is 0 Å². The van der Waals surface area contributed by atoms with Crippen molar-refractivity contribution >= 4 is 23.0 Å². The molecule has 33 heavy (non-hydrogen) atoms. The third-order valence-electron chi connectivity index (χ3n) is 4.60. The van der Waals surface area contributed by atoms with Gasteiger partial charge in [0.2, 0.25) is 0 Å². The van der Waals surface area contributed by atoms with Gasteiger partial charge in [-0.15, -0.1) is 0 Å². The molecule has 3 aromatic rings. The van der Waals surface area contributed by atoms with E-state index in [1.54, 1.807) is 13.8 Å². The predicted molar refractivity (Wildman–Crippen MR) is 127 cm³/mol. The molecule has 0 fully saturated rings. The fraction of sp³-hybridized carbons (Fsp3) is 0.385. The highest BCUT2D eigenvalue weighted by Crippen LogP contribution is 2.26. The van der Waals surface area contributed by atoms with Gasteiger partial charge in [-0.25, -0.2) is 4.79 Å². The number of furan rings is 1. The number of fused-ring (bicyclic) bond motifs is 1. The van der Waals surface area contributed by atoms with E-state index in [0.717, 1.165) is 27.7 Å². The summed E-state index contributed by atoms with van der Waals surface area (Å²) in [5, 5.41) is 3.58. The molecule has 0 saturated heterocycles. The zero-order chi connectivity index (χ0) is 24.2. The van der Waals surface area contributed by atoms with Gasteiger partial charge in [0, 0.05) is 10.9 Å². The number of aryl methyl sites for hydroxylation is 1. The van der Waals surface area contributed by atoms with Gasteiger partial charge in [-0.2, -0.15) is 0 Å². The summed E-state index contributed by atoms with van der Waals surface area (Å²) in [6.45, 7) is 10.8. The number of hydrogen-bond acceptors (Lipinski definition) is 6. The fourth-order valence-electron chi connectivity index (χ4n) is 3.29. The third kappa shape index (κ3) is 7.56. The first-order valence-electron chi connectivity index (χ1n) is 11.3. The molecule has 1 amide bonds. The van der Waals surface area contributed by atoms with Crippen LogP contribution in [0.5, 0.6) is 5.75 Å². The Bertz CT molecular complexity index is 1060. The lowest BCUT2D eigenvalue weighted by Crippen LogP contribution is -2.23. The molecule has 0 radical (unpaired) electrons. The standard InChI is InChI=1S/C24H27NO6.C2H6/c1-4-28-22(26)13-18-8-6-7-9-21(18)30-15-17-10-16(3)23-19(11-17)12-20(31-23)14-25-24(27)29-5-2;1-2/h6-12H,4-5,13-15H2,1-3H3,(H,25,27);1-2H3. The molecule has 0 unspecified atom stereocenters. The van der Waals surface area contributed by atoms with Gasteiger partial charge in [0.05, 0.1) is 26.2 Å². The summed E-state index contributed by atoms with van der Waals surface area (Å²) in [4.78, 5) is 23.3. The van der Waals surface area contributed by atoms with E-state index in [-0.39, 0.29) is 18.9 Å². The number of benzene rings is 2. The molecule has 1 aromatic heterocycles. The van der Waals surface area contributed by atoms with Crippen LogP contribution in [0.25, 0.3) is 11.0 Å². The Morgan fingerprint density at radius 1 is 1.00 bits per heavy atom. The van der Waals surface area contributed by atoms with Crippen molar-refractivity contribution in [2.45, 2.75) is 54.2 Å². The molecular weight excluding hydrogens is 422 g/mol. The number of nitrogens with one attached hydrogen (secondary N) is 1. The summed E-state index contributed by atoms with van der Waals surface area (Å²) in [6, 6.07) is 13.3. The van der Waals surface area contributed by atoms with Gasteiger partial charge in [-0.1, -0.05) is 32.0 Å². The highest BCUT2D eigenvalue weighted by molar-refractivity contribution is 5.82. The van der Waals surface area contributed by atoms with Crippen LogP contribution in [0.3, 0.4) is 0 Å². The number of rotatable bonds is 9. The lowest BCUT2D eigenvalue weighted by Gasteiger charge is -2.12. The molecule has 7 nitrogen and oxygen atoms in total. The molecule has 0 aliphatic heterocycles. The van der Waals surface area contributed by atoms with E-state index in [4.69, 9.17) is 18.6 Å². The molecule has 0 saturated carbocycles. The van der Waals surface area contributed by atoms with Crippen LogP contribution in [0.2, 0.25) is 0 Å². The number of hydrogen-bond donors (Lipinski definition) is 1. The van der Waals surface area contributed by atoms with Gasteiger partial charge < -0.3 is 23.9 Å². The van der Waals surface area contributed by atoms with Crippen molar-refractivity contribution in [1.29, 1.82) is 0 Å². The van der Waals surface area contributed by atoms with E-state index < -0.39 is 6.09 Å². The van der Waals surface area contributed by atoms with Crippen molar-refractivity contribution in [3.8, 4) is 5.75 Å². The van der Waals surface area contributed by atoms with Crippen molar-refractivity contribution in [3.05, 3.63) is 64.9 Å². The van der Waals surface area contributed by atoms with Crippen LogP contribution in [-0.4, -0.2) is 25.3 Å². The molecular formula is C26H33NO6. The maximum Gasteiger partial charge on any atom is 0.407 e. The van der Waals surface area contributed by atoms with Gasteiger partial charge in [0.15, 0.2) is 0 Å². The van der Waals surface area contributed by atoms with Crippen molar-refractivity contribution in [1.82, 2.24) is 5.32 Å².